The van der Waals surface area contributed by atoms with Crippen LogP contribution in [0, 0.1) is 5.41 Å². The van der Waals surface area contributed by atoms with Gasteiger partial charge in [-0.2, -0.15) is 11.8 Å². The lowest BCUT2D eigenvalue weighted by atomic mass is 9.65. The second-order valence-corrected chi connectivity index (χ2v) is 6.54. The van der Waals surface area contributed by atoms with E-state index in [2.05, 4.69) is 17.1 Å². The van der Waals surface area contributed by atoms with Gasteiger partial charge in [0.25, 0.3) is 0 Å². The van der Waals surface area contributed by atoms with Gasteiger partial charge in [0.1, 0.15) is 0 Å². The van der Waals surface area contributed by atoms with Gasteiger partial charge in [-0.25, -0.2) is 0 Å². The Morgan fingerprint density at radius 3 is 2.57 bits per heavy atom. The average molecular weight is 211 g/mol. The van der Waals surface area contributed by atoms with Crippen LogP contribution in [0.2, 0.25) is 0 Å². The Kier molecular flexibility index (Phi) is 2.53. The normalized spacial score (nSPS) is 40.3. The SMILES string of the molecule is C1CC(NC2CCSC2)C2(C1)CCC2. The average Bonchev–Trinajstić information content (AvgIpc) is 2.71. The molecule has 0 radical (unpaired) electrons. The van der Waals surface area contributed by atoms with E-state index in [1.807, 2.05) is 0 Å². The van der Waals surface area contributed by atoms with Gasteiger partial charge in [0.2, 0.25) is 0 Å². The van der Waals surface area contributed by atoms with Gasteiger partial charge in [-0.3, -0.25) is 0 Å². The van der Waals surface area contributed by atoms with E-state index in [0.717, 1.165) is 17.5 Å². The van der Waals surface area contributed by atoms with Crippen LogP contribution in [0.3, 0.4) is 0 Å². The van der Waals surface area contributed by atoms with Gasteiger partial charge in [-0.05, 0) is 43.3 Å². The van der Waals surface area contributed by atoms with E-state index in [0.29, 0.717) is 0 Å². The van der Waals surface area contributed by atoms with Crippen molar-refractivity contribution in [3.63, 3.8) is 0 Å². The molecule has 80 valence electrons. The van der Waals surface area contributed by atoms with Gasteiger partial charge >= 0.3 is 0 Å². The van der Waals surface area contributed by atoms with E-state index in [9.17, 15) is 0 Å². The molecule has 1 nitrogen and oxygen atoms in total. The van der Waals surface area contributed by atoms with Crippen molar-refractivity contribution in [3.8, 4) is 0 Å². The van der Waals surface area contributed by atoms with Crippen molar-refractivity contribution in [1.82, 2.24) is 5.32 Å². The van der Waals surface area contributed by atoms with E-state index in [1.54, 1.807) is 0 Å². The first-order valence-corrected chi connectivity index (χ1v) is 7.38. The number of hydrogen-bond acceptors (Lipinski definition) is 2. The summed E-state index contributed by atoms with van der Waals surface area (Å²) in [5.74, 6) is 2.75. The maximum absolute atomic E-state index is 3.95. The zero-order valence-corrected chi connectivity index (χ0v) is 9.74. The quantitative estimate of drug-likeness (QED) is 0.754. The zero-order chi connectivity index (χ0) is 9.43. The van der Waals surface area contributed by atoms with Crippen LogP contribution in [-0.2, 0) is 0 Å². The predicted octanol–water partition coefficient (Wildman–Crippen LogP) is 2.80. The lowest BCUT2D eigenvalue weighted by Gasteiger charge is -2.45. The second kappa shape index (κ2) is 3.71. The molecule has 1 heterocycles. The van der Waals surface area contributed by atoms with Crippen molar-refractivity contribution in [1.29, 1.82) is 0 Å². The minimum Gasteiger partial charge on any atom is -0.310 e. The second-order valence-electron chi connectivity index (χ2n) is 5.39. The number of thioether (sulfide) groups is 1. The fourth-order valence-corrected chi connectivity index (χ4v) is 4.74. The summed E-state index contributed by atoms with van der Waals surface area (Å²) in [4.78, 5) is 0. The molecule has 3 fully saturated rings. The first-order chi connectivity index (χ1) is 6.89. The third kappa shape index (κ3) is 1.51. The van der Waals surface area contributed by atoms with Crippen molar-refractivity contribution >= 4 is 11.8 Å². The summed E-state index contributed by atoms with van der Waals surface area (Å²) in [5.41, 5.74) is 0.771. The van der Waals surface area contributed by atoms with Crippen molar-refractivity contribution < 1.29 is 0 Å². The van der Waals surface area contributed by atoms with E-state index in [-0.39, 0.29) is 0 Å². The van der Waals surface area contributed by atoms with Crippen LogP contribution in [0.5, 0.6) is 0 Å². The highest BCUT2D eigenvalue weighted by atomic mass is 32.2. The molecule has 1 aliphatic heterocycles. The van der Waals surface area contributed by atoms with Crippen LogP contribution in [0.4, 0.5) is 0 Å². The van der Waals surface area contributed by atoms with E-state index in [4.69, 9.17) is 0 Å². The molecule has 0 aromatic heterocycles. The Balaban J connectivity index is 1.60. The molecule has 1 saturated heterocycles. The van der Waals surface area contributed by atoms with E-state index >= 15 is 0 Å². The summed E-state index contributed by atoms with van der Waals surface area (Å²) < 4.78 is 0. The van der Waals surface area contributed by atoms with Gasteiger partial charge in [0, 0.05) is 17.8 Å². The Bertz CT molecular complexity index is 206. The molecular formula is C12H21NS. The van der Waals surface area contributed by atoms with Gasteiger partial charge < -0.3 is 5.32 Å². The molecule has 1 N–H and O–H groups in total. The third-order valence-corrected chi connectivity index (χ3v) is 5.79. The highest BCUT2D eigenvalue weighted by Gasteiger charge is 2.47. The summed E-state index contributed by atoms with van der Waals surface area (Å²) >= 11 is 2.13. The highest BCUT2D eigenvalue weighted by molar-refractivity contribution is 7.99. The number of nitrogens with one attached hydrogen (secondary N) is 1. The summed E-state index contributed by atoms with van der Waals surface area (Å²) in [7, 11) is 0. The largest absolute Gasteiger partial charge is 0.310 e. The van der Waals surface area contributed by atoms with Crippen molar-refractivity contribution in [3.05, 3.63) is 0 Å². The molecule has 2 unspecified atom stereocenters. The molecule has 2 saturated carbocycles. The minimum atomic E-state index is 0.771. The fourth-order valence-electron chi connectivity index (χ4n) is 3.58. The number of hydrogen-bond donors (Lipinski definition) is 1. The van der Waals surface area contributed by atoms with Crippen LogP contribution in [0.15, 0.2) is 0 Å². The van der Waals surface area contributed by atoms with Gasteiger partial charge in [0.15, 0.2) is 0 Å². The molecule has 3 aliphatic rings. The summed E-state index contributed by atoms with van der Waals surface area (Å²) in [6.45, 7) is 0. The molecule has 1 spiro atoms. The standard InChI is InChI=1S/C12H21NS/c1-3-11(12(5-1)6-2-7-12)13-10-4-8-14-9-10/h10-11,13H,1-9H2. The van der Waals surface area contributed by atoms with E-state index in [1.165, 1.54) is 56.5 Å². The molecule has 2 heteroatoms. The van der Waals surface area contributed by atoms with Crippen molar-refractivity contribution in [2.24, 2.45) is 5.41 Å². The maximum Gasteiger partial charge on any atom is 0.0168 e. The molecular weight excluding hydrogens is 190 g/mol. The van der Waals surface area contributed by atoms with Crippen molar-refractivity contribution in [2.45, 2.75) is 57.0 Å². The topological polar surface area (TPSA) is 12.0 Å². The van der Waals surface area contributed by atoms with Crippen LogP contribution < -0.4 is 5.32 Å². The molecule has 0 aromatic carbocycles. The molecule has 2 aliphatic carbocycles. The molecule has 14 heavy (non-hydrogen) atoms. The van der Waals surface area contributed by atoms with Gasteiger partial charge in [-0.15, -0.1) is 0 Å². The van der Waals surface area contributed by atoms with Crippen LogP contribution in [0.1, 0.15) is 44.9 Å². The van der Waals surface area contributed by atoms with Crippen LogP contribution >= 0.6 is 11.8 Å². The molecule has 0 aromatic rings. The monoisotopic (exact) mass is 211 g/mol. The van der Waals surface area contributed by atoms with Crippen LogP contribution in [0.25, 0.3) is 0 Å². The van der Waals surface area contributed by atoms with E-state index < -0.39 is 0 Å². The maximum atomic E-state index is 3.95. The molecule has 0 bridgehead atoms. The third-order valence-electron chi connectivity index (χ3n) is 4.62. The Labute approximate surface area is 91.4 Å². The summed E-state index contributed by atoms with van der Waals surface area (Å²) in [6.07, 6.45) is 10.4. The molecule has 3 rings (SSSR count). The zero-order valence-electron chi connectivity index (χ0n) is 8.93. The molecule has 2 atom stereocenters. The lowest BCUT2D eigenvalue weighted by molar-refractivity contribution is 0.0958. The van der Waals surface area contributed by atoms with Crippen molar-refractivity contribution in [2.75, 3.05) is 11.5 Å². The summed E-state index contributed by atoms with van der Waals surface area (Å²) in [6, 6.07) is 1.74. The fraction of sp³-hybridized carbons (Fsp3) is 1.00. The van der Waals surface area contributed by atoms with Crippen LogP contribution in [-0.4, -0.2) is 23.6 Å². The predicted molar refractivity (Wildman–Crippen MR) is 62.8 cm³/mol. The first kappa shape index (κ1) is 9.53. The lowest BCUT2D eigenvalue weighted by Crippen LogP contribution is -2.49. The Morgan fingerprint density at radius 1 is 1.07 bits per heavy atom. The Hall–Kier alpha value is 0.310. The minimum absolute atomic E-state index is 0.771. The summed E-state index contributed by atoms with van der Waals surface area (Å²) in [5, 5.41) is 3.95. The smallest absolute Gasteiger partial charge is 0.0168 e. The van der Waals surface area contributed by atoms with Gasteiger partial charge in [0.05, 0.1) is 0 Å². The van der Waals surface area contributed by atoms with Gasteiger partial charge in [-0.1, -0.05) is 12.8 Å². The molecule has 0 amide bonds. The Morgan fingerprint density at radius 2 is 1.93 bits per heavy atom. The first-order valence-electron chi connectivity index (χ1n) is 6.23. The number of rotatable bonds is 2. The highest BCUT2D eigenvalue weighted by Crippen LogP contribution is 2.53.